The predicted molar refractivity (Wildman–Crippen MR) is 46.2 cm³/mol. The van der Waals surface area contributed by atoms with Gasteiger partial charge in [-0.1, -0.05) is 19.6 Å². The molecule has 0 spiro atoms. The molecule has 0 aromatic rings. The quantitative estimate of drug-likeness (QED) is 0.365. The fraction of sp³-hybridized carbons (Fsp3) is 0.600. The average Bonchev–Trinajstić information content (AvgIpc) is 1.71. The third-order valence-corrected chi connectivity index (χ3v) is 1.30. The molecule has 0 saturated carbocycles. The molecular weight excluding hydrogens is 279 g/mol. The van der Waals surface area contributed by atoms with Crippen molar-refractivity contribution in [2.24, 2.45) is 0 Å². The first-order valence-corrected chi connectivity index (χ1v) is 8.69. The normalized spacial score (nSPS) is 8.62. The summed E-state index contributed by atoms with van der Waals surface area (Å²) in [4.78, 5) is 0. The second-order valence-electron chi connectivity index (χ2n) is 2.39. The summed E-state index contributed by atoms with van der Waals surface area (Å²) in [7, 11) is -1.10. The Morgan fingerprint density at radius 2 is 1.50 bits per heavy atom. The van der Waals surface area contributed by atoms with E-state index in [1.54, 1.807) is 20.3 Å². The van der Waals surface area contributed by atoms with Crippen molar-refractivity contribution in [3.63, 3.8) is 0 Å². The summed E-state index contributed by atoms with van der Waals surface area (Å²) in [6.07, 6.45) is 5.12. The number of rotatable bonds is 0. The van der Waals surface area contributed by atoms with Crippen molar-refractivity contribution in [2.45, 2.75) is 19.6 Å². The molecule has 0 atom stereocenters. The molecule has 0 bridgehead atoms. The Morgan fingerprint density at radius 1 is 1.38 bits per heavy atom. The third-order valence-electron chi connectivity index (χ3n) is 0.433. The van der Waals surface area contributed by atoms with E-state index in [0.717, 1.165) is 0 Å². The summed E-state index contributed by atoms with van der Waals surface area (Å²) >= 11 is 5.87. The molecule has 0 aliphatic carbocycles. The van der Waals surface area contributed by atoms with Gasteiger partial charge in [0, 0.05) is 0 Å². The van der Waals surface area contributed by atoms with Crippen LogP contribution < -0.4 is 0 Å². The maximum atomic E-state index is 5.12. The zero-order valence-corrected chi connectivity index (χ0v) is 9.36. The number of terminal acetylenes is 1. The van der Waals surface area contributed by atoms with Gasteiger partial charge in [0.2, 0.25) is 0 Å². The van der Waals surface area contributed by atoms with Gasteiger partial charge in [0.05, 0.1) is 0 Å². The molecule has 52 valence electrons. The zero-order chi connectivity index (χ0) is 7.21. The van der Waals surface area contributed by atoms with E-state index in [4.69, 9.17) is 6.42 Å². The molecule has 0 aromatic heterocycles. The van der Waals surface area contributed by atoms with Crippen molar-refractivity contribution >= 4 is 28.4 Å². The van der Waals surface area contributed by atoms with E-state index < -0.39 is 8.07 Å². The van der Waals surface area contributed by atoms with Crippen molar-refractivity contribution < 1.29 is 12.8 Å². The first kappa shape index (κ1) is 11.8. The van der Waals surface area contributed by atoms with Gasteiger partial charge in [-0.05, 0) is 0 Å². The average molecular weight is 289 g/mol. The Kier molecular flexibility index (Phi) is 9.06. The predicted octanol–water partition coefficient (Wildman–Crippen LogP) is 2.38. The first-order chi connectivity index (χ1) is 3.56. The second-order valence-corrected chi connectivity index (χ2v) is 7.18. The summed E-state index contributed by atoms with van der Waals surface area (Å²) < 4.78 is 0. The Balaban J connectivity index is 0. The van der Waals surface area contributed by atoms with E-state index >= 15 is 0 Å². The molecule has 0 rings (SSSR count). The SMILES string of the molecule is C#C[Si](C)(C)C.[Cu][I]. The van der Waals surface area contributed by atoms with Gasteiger partial charge in [0.15, 0.2) is 0 Å². The molecule has 0 aliphatic rings. The van der Waals surface area contributed by atoms with E-state index in [1.165, 1.54) is 0 Å². The molecule has 0 saturated heterocycles. The summed E-state index contributed by atoms with van der Waals surface area (Å²) in [6.45, 7) is 6.44. The molecule has 3 heteroatoms. The summed E-state index contributed by atoms with van der Waals surface area (Å²) in [5.41, 5.74) is 2.74. The van der Waals surface area contributed by atoms with Crippen LogP contribution in [-0.4, -0.2) is 8.07 Å². The van der Waals surface area contributed by atoms with Crippen LogP contribution in [0.3, 0.4) is 0 Å². The maximum absolute atomic E-state index is 5.12. The molecule has 0 unspecified atom stereocenters. The zero-order valence-electron chi connectivity index (χ0n) is 5.26. The van der Waals surface area contributed by atoms with Crippen LogP contribution in [0, 0.1) is 12.0 Å². The molecule has 0 fully saturated rings. The van der Waals surface area contributed by atoms with Gasteiger partial charge in [0.25, 0.3) is 0 Å². The Labute approximate surface area is 72.4 Å². The molecule has 0 radical (unpaired) electrons. The minimum absolute atomic E-state index is 1.10. The van der Waals surface area contributed by atoms with Gasteiger partial charge in [-0.25, -0.2) is 0 Å². The number of hydrogen-bond acceptors (Lipinski definition) is 0. The van der Waals surface area contributed by atoms with Crippen LogP contribution in [0.1, 0.15) is 0 Å². The van der Waals surface area contributed by atoms with E-state index in [1.807, 2.05) is 0 Å². The van der Waals surface area contributed by atoms with Crippen molar-refractivity contribution in [3.05, 3.63) is 0 Å². The van der Waals surface area contributed by atoms with Crippen LogP contribution in [0.25, 0.3) is 0 Å². The Bertz CT molecular complexity index is 79.4. The van der Waals surface area contributed by atoms with E-state index in [2.05, 4.69) is 37.9 Å². The van der Waals surface area contributed by atoms with Gasteiger partial charge in [-0.2, -0.15) is 0 Å². The van der Waals surface area contributed by atoms with Crippen molar-refractivity contribution in [1.82, 2.24) is 0 Å². The first-order valence-electron chi connectivity index (χ1n) is 2.15. The molecular formula is C5H10CuISi. The van der Waals surface area contributed by atoms with Gasteiger partial charge in [0.1, 0.15) is 8.07 Å². The molecule has 0 heterocycles. The van der Waals surface area contributed by atoms with E-state index in [-0.39, 0.29) is 0 Å². The summed E-state index contributed by atoms with van der Waals surface area (Å²) in [6, 6.07) is 0. The van der Waals surface area contributed by atoms with Gasteiger partial charge < -0.3 is 0 Å². The standard InChI is InChI=1S/C5H10Si.Cu.HI/c1-5-6(2,3)4;;/h1H,2-4H3;;1H/q;+1;/p-1. The number of hydrogen-bond donors (Lipinski definition) is 0. The molecule has 0 aliphatic heterocycles. The summed E-state index contributed by atoms with van der Waals surface area (Å²) in [5, 5.41) is 0. The van der Waals surface area contributed by atoms with Crippen LogP contribution in [0.4, 0.5) is 0 Å². The van der Waals surface area contributed by atoms with Crippen molar-refractivity contribution in [2.75, 3.05) is 0 Å². The van der Waals surface area contributed by atoms with Gasteiger partial charge >= 0.3 is 33.1 Å². The summed E-state index contributed by atoms with van der Waals surface area (Å²) in [5.74, 6) is 0. The van der Waals surface area contributed by atoms with Crippen LogP contribution in [-0.2, 0) is 12.8 Å². The number of halogens is 1. The van der Waals surface area contributed by atoms with Gasteiger partial charge in [-0.3, -0.25) is 0 Å². The second kappa shape index (κ2) is 6.15. The van der Waals surface area contributed by atoms with E-state index in [9.17, 15) is 0 Å². The van der Waals surface area contributed by atoms with Crippen molar-refractivity contribution in [3.8, 4) is 12.0 Å². The van der Waals surface area contributed by atoms with Crippen LogP contribution in [0.15, 0.2) is 0 Å². The van der Waals surface area contributed by atoms with E-state index in [0.29, 0.717) is 0 Å². The van der Waals surface area contributed by atoms with Crippen LogP contribution >= 0.6 is 20.3 Å². The molecule has 0 aromatic carbocycles. The minimum atomic E-state index is -1.10. The van der Waals surface area contributed by atoms with Crippen molar-refractivity contribution in [1.29, 1.82) is 0 Å². The molecule has 0 amide bonds. The Hall–Kier alpha value is 1.03. The fourth-order valence-corrected chi connectivity index (χ4v) is 0. The monoisotopic (exact) mass is 288 g/mol. The third kappa shape index (κ3) is 15.7. The molecule has 0 N–H and O–H groups in total. The molecule has 0 nitrogen and oxygen atoms in total. The fourth-order valence-electron chi connectivity index (χ4n) is 0. The molecule has 8 heavy (non-hydrogen) atoms. The Morgan fingerprint density at radius 3 is 1.50 bits per heavy atom. The topological polar surface area (TPSA) is 0 Å². The van der Waals surface area contributed by atoms with Crippen LogP contribution in [0.2, 0.25) is 19.6 Å². The van der Waals surface area contributed by atoms with Crippen LogP contribution in [0.5, 0.6) is 0 Å². The van der Waals surface area contributed by atoms with Gasteiger partial charge in [-0.15, -0.1) is 12.0 Å².